The largest absolute Gasteiger partial charge is 0.259 e. The average molecular weight is 170 g/mol. The Hall–Kier alpha value is -0.560. The van der Waals surface area contributed by atoms with Crippen LogP contribution in [-0.2, 0) is 5.41 Å². The molecule has 0 saturated carbocycles. The van der Waals surface area contributed by atoms with E-state index >= 15 is 0 Å². The molecule has 0 aliphatic heterocycles. The molecule has 60 valence electrons. The van der Waals surface area contributed by atoms with Gasteiger partial charge in [-0.25, -0.2) is 0 Å². The van der Waals surface area contributed by atoms with Crippen LogP contribution in [0, 0.1) is 0 Å². The van der Waals surface area contributed by atoms with E-state index in [2.05, 4.69) is 25.8 Å². The number of aromatic nitrogens is 1. The predicted molar refractivity (Wildman–Crippen MR) is 47.9 cm³/mol. The van der Waals surface area contributed by atoms with Crippen LogP contribution in [0.2, 0.25) is 5.02 Å². The molecule has 1 aromatic heterocycles. The van der Waals surface area contributed by atoms with Gasteiger partial charge >= 0.3 is 0 Å². The Balaban J connectivity index is 3.14. The van der Waals surface area contributed by atoms with Gasteiger partial charge in [-0.15, -0.1) is 0 Å². The van der Waals surface area contributed by atoms with Gasteiger partial charge in [-0.2, -0.15) is 0 Å². The van der Waals surface area contributed by atoms with Gasteiger partial charge in [0.2, 0.25) is 0 Å². The molecule has 0 amide bonds. The fraction of sp³-hybridized carbons (Fsp3) is 0.444. The summed E-state index contributed by atoms with van der Waals surface area (Å²) >= 11 is 5.95. The van der Waals surface area contributed by atoms with Crippen LogP contribution in [0.5, 0.6) is 0 Å². The highest BCUT2D eigenvalue weighted by Gasteiger charge is 2.17. The second-order valence-corrected chi connectivity index (χ2v) is 3.99. The topological polar surface area (TPSA) is 12.9 Å². The van der Waals surface area contributed by atoms with Crippen LogP contribution < -0.4 is 0 Å². The van der Waals surface area contributed by atoms with Crippen molar-refractivity contribution in [3.05, 3.63) is 29.0 Å². The van der Waals surface area contributed by atoms with Crippen molar-refractivity contribution < 1.29 is 0 Å². The summed E-state index contributed by atoms with van der Waals surface area (Å²) < 4.78 is 0. The number of hydrogen-bond acceptors (Lipinski definition) is 1. The van der Waals surface area contributed by atoms with Gasteiger partial charge < -0.3 is 0 Å². The predicted octanol–water partition coefficient (Wildman–Crippen LogP) is 3.03. The second-order valence-electron chi connectivity index (χ2n) is 3.58. The normalized spacial score (nSPS) is 11.6. The molecule has 1 heterocycles. The fourth-order valence-corrected chi connectivity index (χ4v) is 1.34. The highest BCUT2D eigenvalue weighted by molar-refractivity contribution is 6.31. The van der Waals surface area contributed by atoms with Crippen molar-refractivity contribution >= 4 is 11.6 Å². The first-order chi connectivity index (χ1) is 5.02. The minimum atomic E-state index is 0.0400. The van der Waals surface area contributed by atoms with Gasteiger partial charge in [0.25, 0.3) is 0 Å². The Morgan fingerprint density at radius 1 is 1.36 bits per heavy atom. The van der Waals surface area contributed by atoms with Crippen LogP contribution in [0.1, 0.15) is 26.5 Å². The summed E-state index contributed by atoms with van der Waals surface area (Å²) in [5.41, 5.74) is 1.000. The number of rotatable bonds is 0. The zero-order chi connectivity index (χ0) is 8.48. The molecule has 1 nitrogen and oxygen atoms in total. The summed E-state index contributed by atoms with van der Waals surface area (Å²) in [5, 5.41) is 0.750. The third-order valence-corrected chi connectivity index (χ3v) is 1.77. The highest BCUT2D eigenvalue weighted by atomic mass is 35.5. The van der Waals surface area contributed by atoms with Gasteiger partial charge in [0, 0.05) is 11.6 Å². The lowest BCUT2D eigenvalue weighted by atomic mass is 9.92. The van der Waals surface area contributed by atoms with Crippen molar-refractivity contribution in [3.63, 3.8) is 0 Å². The first-order valence-electron chi connectivity index (χ1n) is 3.63. The third kappa shape index (κ3) is 1.93. The van der Waals surface area contributed by atoms with Crippen LogP contribution in [0.25, 0.3) is 0 Å². The van der Waals surface area contributed by atoms with Crippen molar-refractivity contribution in [3.8, 4) is 0 Å². The van der Waals surface area contributed by atoms with E-state index < -0.39 is 0 Å². The highest BCUT2D eigenvalue weighted by Crippen LogP contribution is 2.26. The van der Waals surface area contributed by atoms with Gasteiger partial charge in [0.05, 0.1) is 10.7 Å². The lowest BCUT2D eigenvalue weighted by Gasteiger charge is -2.18. The molecule has 0 unspecified atom stereocenters. The van der Waals surface area contributed by atoms with Gasteiger partial charge in [-0.3, -0.25) is 4.98 Å². The maximum Gasteiger partial charge on any atom is 0.0642 e. The molecular formula is C9H12ClN. The number of nitrogens with zero attached hydrogens (tertiary/aromatic N) is 1. The molecule has 0 aromatic carbocycles. The zero-order valence-corrected chi connectivity index (χ0v) is 7.81. The second kappa shape index (κ2) is 2.82. The molecule has 1 aromatic rings. The van der Waals surface area contributed by atoms with Crippen molar-refractivity contribution in [2.75, 3.05) is 0 Å². The quantitative estimate of drug-likeness (QED) is 0.582. The number of halogens is 1. The molecule has 0 radical (unpaired) electrons. The summed E-state index contributed by atoms with van der Waals surface area (Å²) in [6.45, 7) is 6.30. The SMILES string of the molecule is CC(C)(C)c1ncccc1Cl. The Morgan fingerprint density at radius 3 is 2.36 bits per heavy atom. The van der Waals surface area contributed by atoms with Gasteiger partial charge in [-0.05, 0) is 12.1 Å². The first kappa shape index (κ1) is 8.54. The van der Waals surface area contributed by atoms with E-state index in [9.17, 15) is 0 Å². The maximum absolute atomic E-state index is 5.95. The minimum Gasteiger partial charge on any atom is -0.259 e. The molecule has 11 heavy (non-hydrogen) atoms. The van der Waals surface area contributed by atoms with Crippen molar-refractivity contribution in [2.24, 2.45) is 0 Å². The van der Waals surface area contributed by atoms with Crippen molar-refractivity contribution in [1.29, 1.82) is 0 Å². The summed E-state index contributed by atoms with van der Waals surface area (Å²) in [4.78, 5) is 4.22. The monoisotopic (exact) mass is 169 g/mol. The molecule has 0 aliphatic rings. The summed E-state index contributed by atoms with van der Waals surface area (Å²) in [7, 11) is 0. The third-order valence-electron chi connectivity index (χ3n) is 1.47. The molecule has 0 N–H and O–H groups in total. The summed E-state index contributed by atoms with van der Waals surface area (Å²) in [6, 6.07) is 3.71. The number of hydrogen-bond donors (Lipinski definition) is 0. The van der Waals surface area contributed by atoms with E-state index in [0.717, 1.165) is 10.7 Å². The van der Waals surface area contributed by atoms with Crippen molar-refractivity contribution in [1.82, 2.24) is 4.98 Å². The van der Waals surface area contributed by atoms with Crippen LogP contribution >= 0.6 is 11.6 Å². The van der Waals surface area contributed by atoms with Gasteiger partial charge in [0.1, 0.15) is 0 Å². The Bertz CT molecular complexity index is 250. The van der Waals surface area contributed by atoms with Crippen LogP contribution in [-0.4, -0.2) is 4.98 Å². The zero-order valence-electron chi connectivity index (χ0n) is 7.06. The fourth-order valence-electron chi connectivity index (χ4n) is 0.938. The van der Waals surface area contributed by atoms with Gasteiger partial charge in [-0.1, -0.05) is 32.4 Å². The van der Waals surface area contributed by atoms with E-state index in [0.29, 0.717) is 0 Å². The number of pyridine rings is 1. The van der Waals surface area contributed by atoms with E-state index in [-0.39, 0.29) is 5.41 Å². The maximum atomic E-state index is 5.95. The van der Waals surface area contributed by atoms with Crippen LogP contribution in [0.4, 0.5) is 0 Å². The molecule has 0 atom stereocenters. The molecule has 0 bridgehead atoms. The van der Waals surface area contributed by atoms with Crippen molar-refractivity contribution in [2.45, 2.75) is 26.2 Å². The van der Waals surface area contributed by atoms with Crippen LogP contribution in [0.3, 0.4) is 0 Å². The molecular weight excluding hydrogens is 158 g/mol. The van der Waals surface area contributed by atoms with Gasteiger partial charge in [0.15, 0.2) is 0 Å². The lowest BCUT2D eigenvalue weighted by molar-refractivity contribution is 0.569. The van der Waals surface area contributed by atoms with E-state index in [1.807, 2.05) is 12.1 Å². The Morgan fingerprint density at radius 2 is 2.00 bits per heavy atom. The average Bonchev–Trinajstić information content (AvgIpc) is 1.86. The molecule has 0 aliphatic carbocycles. The molecule has 0 saturated heterocycles. The first-order valence-corrected chi connectivity index (χ1v) is 4.00. The Labute approximate surface area is 72.4 Å². The molecule has 1 rings (SSSR count). The smallest absolute Gasteiger partial charge is 0.0642 e. The standard InChI is InChI=1S/C9H12ClN/c1-9(2,3)8-7(10)5-4-6-11-8/h4-6H,1-3H3. The van der Waals surface area contributed by atoms with E-state index in [1.54, 1.807) is 6.20 Å². The summed E-state index contributed by atoms with van der Waals surface area (Å²) in [5.74, 6) is 0. The van der Waals surface area contributed by atoms with Crippen LogP contribution in [0.15, 0.2) is 18.3 Å². The molecule has 0 spiro atoms. The Kier molecular flexibility index (Phi) is 2.19. The molecule has 2 heteroatoms. The van der Waals surface area contributed by atoms with E-state index in [1.165, 1.54) is 0 Å². The lowest BCUT2D eigenvalue weighted by Crippen LogP contribution is -2.13. The summed E-state index contributed by atoms with van der Waals surface area (Å²) in [6.07, 6.45) is 1.77. The molecule has 0 fully saturated rings. The minimum absolute atomic E-state index is 0.0400. The van der Waals surface area contributed by atoms with E-state index in [4.69, 9.17) is 11.6 Å².